The smallest absolute Gasteiger partial charge is 0.151 e. The van der Waals surface area contributed by atoms with E-state index in [-0.39, 0.29) is 6.04 Å². The Kier molecular flexibility index (Phi) is 4.67. The molecule has 2 atom stereocenters. The Hall–Kier alpha value is -0.130. The van der Waals surface area contributed by atoms with Gasteiger partial charge in [-0.15, -0.1) is 0 Å². The van der Waals surface area contributed by atoms with Crippen LogP contribution in [0.2, 0.25) is 0 Å². The van der Waals surface area contributed by atoms with E-state index in [1.807, 2.05) is 0 Å². The van der Waals surface area contributed by atoms with E-state index in [9.17, 15) is 8.42 Å². The SMILES string of the molecule is CCCC(CNC1CC1)N(C)C1CCS(=O)(=O)C1. The minimum atomic E-state index is -2.77. The van der Waals surface area contributed by atoms with Gasteiger partial charge in [-0.25, -0.2) is 8.42 Å². The maximum atomic E-state index is 11.6. The molecule has 1 aliphatic heterocycles. The van der Waals surface area contributed by atoms with Gasteiger partial charge >= 0.3 is 0 Å². The Labute approximate surface area is 111 Å². The highest BCUT2D eigenvalue weighted by atomic mass is 32.2. The first-order valence-corrected chi connectivity index (χ1v) is 8.99. The summed E-state index contributed by atoms with van der Waals surface area (Å²) in [6.45, 7) is 3.20. The lowest BCUT2D eigenvalue weighted by atomic mass is 10.1. The van der Waals surface area contributed by atoms with Crippen LogP contribution in [0.3, 0.4) is 0 Å². The van der Waals surface area contributed by atoms with Gasteiger partial charge in [0.15, 0.2) is 9.84 Å². The van der Waals surface area contributed by atoms with Crippen molar-refractivity contribution in [2.45, 2.75) is 57.2 Å². The molecule has 2 rings (SSSR count). The predicted octanol–water partition coefficient (Wildman–Crippen LogP) is 1.03. The van der Waals surface area contributed by atoms with Crippen molar-refractivity contribution >= 4 is 9.84 Å². The summed E-state index contributed by atoms with van der Waals surface area (Å²) >= 11 is 0. The van der Waals surface area contributed by atoms with Crippen LogP contribution in [-0.4, -0.2) is 56.5 Å². The number of nitrogens with one attached hydrogen (secondary N) is 1. The number of nitrogens with zero attached hydrogens (tertiary/aromatic N) is 1. The fourth-order valence-corrected chi connectivity index (χ4v) is 4.55. The third-order valence-corrected chi connectivity index (χ3v) is 5.95. The van der Waals surface area contributed by atoms with Crippen LogP contribution in [0.15, 0.2) is 0 Å². The number of hydrogen-bond donors (Lipinski definition) is 1. The number of sulfone groups is 1. The molecule has 1 saturated carbocycles. The first-order valence-electron chi connectivity index (χ1n) is 7.17. The predicted molar refractivity (Wildman–Crippen MR) is 74.5 cm³/mol. The van der Waals surface area contributed by atoms with Gasteiger partial charge in [0, 0.05) is 24.7 Å². The number of rotatable bonds is 7. The van der Waals surface area contributed by atoms with Crippen molar-refractivity contribution in [2.75, 3.05) is 25.1 Å². The Morgan fingerprint density at radius 3 is 2.56 bits per heavy atom. The van der Waals surface area contributed by atoms with E-state index >= 15 is 0 Å². The molecule has 106 valence electrons. The van der Waals surface area contributed by atoms with Gasteiger partial charge in [0.2, 0.25) is 0 Å². The van der Waals surface area contributed by atoms with Gasteiger partial charge in [0.25, 0.3) is 0 Å². The molecule has 4 nitrogen and oxygen atoms in total. The van der Waals surface area contributed by atoms with Crippen molar-refractivity contribution in [2.24, 2.45) is 0 Å². The van der Waals surface area contributed by atoms with Crippen LogP contribution in [-0.2, 0) is 9.84 Å². The van der Waals surface area contributed by atoms with Gasteiger partial charge in [0.1, 0.15) is 0 Å². The van der Waals surface area contributed by atoms with Gasteiger partial charge in [-0.3, -0.25) is 4.90 Å². The zero-order valence-electron chi connectivity index (χ0n) is 11.6. The lowest BCUT2D eigenvalue weighted by molar-refractivity contribution is 0.173. The summed E-state index contributed by atoms with van der Waals surface area (Å²) in [5.74, 6) is 0.726. The molecule has 2 aliphatic rings. The van der Waals surface area contributed by atoms with E-state index in [0.717, 1.165) is 31.8 Å². The second kappa shape index (κ2) is 5.88. The standard InChI is InChI=1S/C13H26N2O2S/c1-3-4-12(9-14-11-5-6-11)15(2)13-7-8-18(16,17)10-13/h11-14H,3-10H2,1-2H3. The zero-order chi connectivity index (χ0) is 13.2. The number of likely N-dealkylation sites (N-methyl/N-ethyl adjacent to an activating group) is 1. The summed E-state index contributed by atoms with van der Waals surface area (Å²) in [5.41, 5.74) is 0. The molecule has 0 aromatic rings. The summed E-state index contributed by atoms with van der Waals surface area (Å²) in [7, 11) is -0.672. The minimum absolute atomic E-state index is 0.229. The van der Waals surface area contributed by atoms with Crippen LogP contribution in [0, 0.1) is 0 Å². The van der Waals surface area contributed by atoms with E-state index in [0.29, 0.717) is 17.5 Å². The fourth-order valence-electron chi connectivity index (χ4n) is 2.77. The second-order valence-electron chi connectivity index (χ2n) is 5.85. The van der Waals surface area contributed by atoms with Crippen molar-refractivity contribution in [3.05, 3.63) is 0 Å². The lowest BCUT2D eigenvalue weighted by Gasteiger charge is -2.32. The molecule has 2 fully saturated rings. The fraction of sp³-hybridized carbons (Fsp3) is 1.00. The van der Waals surface area contributed by atoms with E-state index in [2.05, 4.69) is 24.2 Å². The van der Waals surface area contributed by atoms with E-state index in [4.69, 9.17) is 0 Å². The Bertz CT molecular complexity index is 365. The number of hydrogen-bond acceptors (Lipinski definition) is 4. The van der Waals surface area contributed by atoms with Crippen LogP contribution in [0.25, 0.3) is 0 Å². The molecular weight excluding hydrogens is 248 g/mol. The molecule has 1 saturated heterocycles. The third kappa shape index (κ3) is 3.93. The third-order valence-electron chi connectivity index (χ3n) is 4.20. The average Bonchev–Trinajstić information content (AvgIpc) is 3.07. The Morgan fingerprint density at radius 1 is 1.33 bits per heavy atom. The summed E-state index contributed by atoms with van der Waals surface area (Å²) in [6, 6.07) is 1.44. The molecule has 0 amide bonds. The van der Waals surface area contributed by atoms with Gasteiger partial charge < -0.3 is 5.32 Å². The van der Waals surface area contributed by atoms with Crippen LogP contribution in [0.4, 0.5) is 0 Å². The molecule has 18 heavy (non-hydrogen) atoms. The summed E-state index contributed by atoms with van der Waals surface area (Å²) in [5, 5.41) is 3.58. The van der Waals surface area contributed by atoms with Gasteiger partial charge in [-0.2, -0.15) is 0 Å². The van der Waals surface area contributed by atoms with Crippen molar-refractivity contribution in [1.82, 2.24) is 10.2 Å². The molecule has 0 aromatic carbocycles. The summed E-state index contributed by atoms with van der Waals surface area (Å²) < 4.78 is 23.1. The molecule has 0 bridgehead atoms. The maximum Gasteiger partial charge on any atom is 0.151 e. The van der Waals surface area contributed by atoms with Gasteiger partial charge in [0.05, 0.1) is 11.5 Å². The molecule has 0 aromatic heterocycles. The quantitative estimate of drug-likeness (QED) is 0.753. The van der Waals surface area contributed by atoms with Crippen molar-refractivity contribution < 1.29 is 8.42 Å². The molecule has 0 radical (unpaired) electrons. The summed E-state index contributed by atoms with van der Waals surface area (Å²) in [4.78, 5) is 2.31. The largest absolute Gasteiger partial charge is 0.312 e. The molecule has 1 N–H and O–H groups in total. The van der Waals surface area contributed by atoms with Gasteiger partial charge in [-0.1, -0.05) is 13.3 Å². The Balaban J connectivity index is 1.87. The molecule has 1 aliphatic carbocycles. The highest BCUT2D eigenvalue weighted by Gasteiger charge is 2.33. The first-order chi connectivity index (χ1) is 8.52. The lowest BCUT2D eigenvalue weighted by Crippen LogP contribution is -2.46. The molecule has 1 heterocycles. The summed E-state index contributed by atoms with van der Waals surface area (Å²) in [6.07, 6.45) is 5.72. The molecule has 2 unspecified atom stereocenters. The second-order valence-corrected chi connectivity index (χ2v) is 8.08. The first kappa shape index (κ1) is 14.3. The van der Waals surface area contributed by atoms with Gasteiger partial charge in [-0.05, 0) is 32.7 Å². The topological polar surface area (TPSA) is 49.4 Å². The monoisotopic (exact) mass is 274 g/mol. The zero-order valence-corrected chi connectivity index (χ0v) is 12.4. The van der Waals surface area contributed by atoms with Crippen LogP contribution in [0.1, 0.15) is 39.0 Å². The highest BCUT2D eigenvalue weighted by molar-refractivity contribution is 7.91. The normalized spacial score (nSPS) is 28.7. The molecular formula is C13H26N2O2S. The van der Waals surface area contributed by atoms with Crippen molar-refractivity contribution in [3.63, 3.8) is 0 Å². The van der Waals surface area contributed by atoms with E-state index in [1.54, 1.807) is 0 Å². The highest BCUT2D eigenvalue weighted by Crippen LogP contribution is 2.22. The Morgan fingerprint density at radius 2 is 2.06 bits per heavy atom. The van der Waals surface area contributed by atoms with Crippen molar-refractivity contribution in [3.8, 4) is 0 Å². The van der Waals surface area contributed by atoms with Crippen molar-refractivity contribution in [1.29, 1.82) is 0 Å². The molecule has 5 heteroatoms. The van der Waals surface area contributed by atoms with Crippen LogP contribution < -0.4 is 5.32 Å². The van der Waals surface area contributed by atoms with E-state index < -0.39 is 9.84 Å². The van der Waals surface area contributed by atoms with E-state index in [1.165, 1.54) is 12.8 Å². The average molecular weight is 274 g/mol. The van der Waals surface area contributed by atoms with Crippen LogP contribution in [0.5, 0.6) is 0 Å². The van der Waals surface area contributed by atoms with Crippen LogP contribution >= 0.6 is 0 Å². The maximum absolute atomic E-state index is 11.6. The minimum Gasteiger partial charge on any atom is -0.312 e. The molecule has 0 spiro atoms.